The Morgan fingerprint density at radius 1 is 1.35 bits per heavy atom. The molecule has 0 unspecified atom stereocenters. The minimum atomic E-state index is -2.90. The highest BCUT2D eigenvalue weighted by atomic mass is 19.3. The predicted molar refractivity (Wildman–Crippen MR) is 58.6 cm³/mol. The van der Waals surface area contributed by atoms with E-state index >= 15 is 0 Å². The van der Waals surface area contributed by atoms with Crippen molar-refractivity contribution in [2.45, 2.75) is 26.4 Å². The van der Waals surface area contributed by atoms with Crippen LogP contribution in [0.5, 0.6) is 11.5 Å². The number of aryl methyl sites for hydroxylation is 1. The maximum Gasteiger partial charge on any atom is 0.387 e. The van der Waals surface area contributed by atoms with E-state index in [1.165, 1.54) is 20.1 Å². The Kier molecular flexibility index (Phi) is 4.87. The highest BCUT2D eigenvalue weighted by Crippen LogP contribution is 2.29. The first-order chi connectivity index (χ1) is 8.02. The van der Waals surface area contributed by atoms with Crippen LogP contribution in [0.3, 0.4) is 0 Å². The minimum Gasteiger partial charge on any atom is -0.493 e. The summed E-state index contributed by atoms with van der Waals surface area (Å²) < 4.78 is 33.5. The second kappa shape index (κ2) is 6.18. The zero-order chi connectivity index (χ0) is 12.8. The number of ether oxygens (including phenoxy) is 2. The molecule has 3 nitrogen and oxygen atoms in total. The predicted octanol–water partition coefficient (Wildman–Crippen LogP) is 2.82. The van der Waals surface area contributed by atoms with Gasteiger partial charge >= 0.3 is 6.61 Å². The van der Waals surface area contributed by atoms with Gasteiger partial charge in [-0.05, 0) is 31.0 Å². The molecule has 0 bridgehead atoms. The lowest BCUT2D eigenvalue weighted by Gasteiger charge is -2.11. The van der Waals surface area contributed by atoms with Gasteiger partial charge in [-0.1, -0.05) is 6.07 Å². The van der Waals surface area contributed by atoms with E-state index < -0.39 is 6.61 Å². The van der Waals surface area contributed by atoms with Crippen molar-refractivity contribution in [1.29, 1.82) is 0 Å². The highest BCUT2D eigenvalue weighted by Gasteiger charge is 2.11. The molecule has 0 amide bonds. The SMILES string of the molecule is COc1ccc(CCC(C)=O)cc1OC(F)F. The van der Waals surface area contributed by atoms with Crippen molar-refractivity contribution in [3.63, 3.8) is 0 Å². The smallest absolute Gasteiger partial charge is 0.387 e. The Balaban J connectivity index is 2.84. The van der Waals surface area contributed by atoms with E-state index in [1.54, 1.807) is 12.1 Å². The Labute approximate surface area is 98.3 Å². The van der Waals surface area contributed by atoms with Gasteiger partial charge in [0.2, 0.25) is 0 Å². The monoisotopic (exact) mass is 244 g/mol. The Hall–Kier alpha value is -1.65. The van der Waals surface area contributed by atoms with Crippen LogP contribution in [-0.4, -0.2) is 19.5 Å². The minimum absolute atomic E-state index is 0.0106. The molecule has 17 heavy (non-hydrogen) atoms. The summed E-state index contributed by atoms with van der Waals surface area (Å²) >= 11 is 0. The molecule has 0 saturated carbocycles. The lowest BCUT2D eigenvalue weighted by atomic mass is 10.1. The van der Waals surface area contributed by atoms with Crippen molar-refractivity contribution >= 4 is 5.78 Å². The molecule has 0 fully saturated rings. The van der Waals surface area contributed by atoms with Gasteiger partial charge in [-0.15, -0.1) is 0 Å². The fraction of sp³-hybridized carbons (Fsp3) is 0.417. The molecule has 0 N–H and O–H groups in total. The van der Waals surface area contributed by atoms with E-state index in [1.807, 2.05) is 0 Å². The number of ketones is 1. The molecule has 0 aliphatic heterocycles. The molecule has 0 radical (unpaired) electrons. The lowest BCUT2D eigenvalue weighted by molar-refractivity contribution is -0.117. The van der Waals surface area contributed by atoms with Crippen molar-refractivity contribution in [3.8, 4) is 11.5 Å². The lowest BCUT2D eigenvalue weighted by Crippen LogP contribution is -2.04. The summed E-state index contributed by atoms with van der Waals surface area (Å²) in [5, 5.41) is 0. The van der Waals surface area contributed by atoms with E-state index in [2.05, 4.69) is 4.74 Å². The maximum atomic E-state index is 12.2. The zero-order valence-electron chi connectivity index (χ0n) is 9.70. The highest BCUT2D eigenvalue weighted by molar-refractivity contribution is 5.75. The average molecular weight is 244 g/mol. The van der Waals surface area contributed by atoms with Crippen molar-refractivity contribution in [3.05, 3.63) is 23.8 Å². The van der Waals surface area contributed by atoms with Crippen LogP contribution in [0.25, 0.3) is 0 Å². The van der Waals surface area contributed by atoms with Gasteiger partial charge in [0.15, 0.2) is 11.5 Å². The second-order valence-corrected chi connectivity index (χ2v) is 3.57. The second-order valence-electron chi connectivity index (χ2n) is 3.57. The standard InChI is InChI=1S/C12H14F2O3/c1-8(15)3-4-9-5-6-10(16-2)11(7-9)17-12(13)14/h5-7,12H,3-4H2,1-2H3. The number of carbonyl (C=O) groups is 1. The number of hydrogen-bond acceptors (Lipinski definition) is 3. The molecule has 0 saturated heterocycles. The fourth-order valence-corrected chi connectivity index (χ4v) is 1.39. The molecule has 0 aromatic heterocycles. The van der Waals surface area contributed by atoms with Crippen LogP contribution < -0.4 is 9.47 Å². The molecular weight excluding hydrogens is 230 g/mol. The van der Waals surface area contributed by atoms with E-state index in [9.17, 15) is 13.6 Å². The number of hydrogen-bond donors (Lipinski definition) is 0. The van der Waals surface area contributed by atoms with E-state index in [0.29, 0.717) is 12.8 Å². The molecular formula is C12H14F2O3. The topological polar surface area (TPSA) is 35.5 Å². The molecule has 0 atom stereocenters. The van der Waals surface area contributed by atoms with Crippen LogP contribution >= 0.6 is 0 Å². The normalized spacial score (nSPS) is 10.4. The van der Waals surface area contributed by atoms with Gasteiger partial charge in [-0.2, -0.15) is 8.78 Å². The first kappa shape index (κ1) is 13.4. The molecule has 1 aromatic rings. The van der Waals surface area contributed by atoms with Gasteiger partial charge < -0.3 is 14.3 Å². The summed E-state index contributed by atoms with van der Waals surface area (Å²) in [6, 6.07) is 4.74. The summed E-state index contributed by atoms with van der Waals surface area (Å²) in [7, 11) is 1.38. The number of halogens is 2. The summed E-state index contributed by atoms with van der Waals surface area (Å²) in [6.45, 7) is -1.41. The van der Waals surface area contributed by atoms with Gasteiger partial charge in [0.1, 0.15) is 5.78 Å². The summed E-state index contributed by atoms with van der Waals surface area (Å²) in [4.78, 5) is 10.8. The number of benzene rings is 1. The van der Waals surface area contributed by atoms with Gasteiger partial charge in [0.25, 0.3) is 0 Å². The molecule has 0 heterocycles. The van der Waals surface area contributed by atoms with Crippen molar-refractivity contribution in [1.82, 2.24) is 0 Å². The number of methoxy groups -OCH3 is 1. The quantitative estimate of drug-likeness (QED) is 0.771. The van der Waals surface area contributed by atoms with Crippen LogP contribution in [0.4, 0.5) is 8.78 Å². The number of rotatable bonds is 6. The van der Waals surface area contributed by atoms with Crippen LogP contribution in [0.2, 0.25) is 0 Å². The van der Waals surface area contributed by atoms with Crippen LogP contribution in [-0.2, 0) is 11.2 Å². The fourth-order valence-electron chi connectivity index (χ4n) is 1.39. The van der Waals surface area contributed by atoms with E-state index in [0.717, 1.165) is 5.56 Å². The number of alkyl halides is 2. The molecule has 0 aliphatic rings. The third-order valence-corrected chi connectivity index (χ3v) is 2.21. The zero-order valence-corrected chi connectivity index (χ0v) is 9.70. The van der Waals surface area contributed by atoms with Crippen molar-refractivity contribution in [2.24, 2.45) is 0 Å². The number of carbonyl (C=O) groups excluding carboxylic acids is 1. The van der Waals surface area contributed by atoms with Gasteiger partial charge in [0, 0.05) is 6.42 Å². The molecule has 5 heteroatoms. The average Bonchev–Trinajstić information content (AvgIpc) is 2.25. The van der Waals surface area contributed by atoms with Crippen molar-refractivity contribution < 1.29 is 23.0 Å². The third-order valence-electron chi connectivity index (χ3n) is 2.21. The summed E-state index contributed by atoms with van der Waals surface area (Å²) in [5.74, 6) is 0.289. The maximum absolute atomic E-state index is 12.2. The first-order valence-corrected chi connectivity index (χ1v) is 5.14. The molecule has 1 aromatic carbocycles. The summed E-state index contributed by atoms with van der Waals surface area (Å²) in [6.07, 6.45) is 0.874. The Morgan fingerprint density at radius 2 is 2.06 bits per heavy atom. The molecule has 0 spiro atoms. The van der Waals surface area contributed by atoms with Crippen LogP contribution in [0.1, 0.15) is 18.9 Å². The van der Waals surface area contributed by atoms with Crippen molar-refractivity contribution in [2.75, 3.05) is 7.11 Å². The molecule has 94 valence electrons. The van der Waals surface area contributed by atoms with E-state index in [4.69, 9.17) is 4.74 Å². The van der Waals surface area contributed by atoms with Crippen LogP contribution in [0, 0.1) is 0 Å². The first-order valence-electron chi connectivity index (χ1n) is 5.14. The number of Topliss-reactive ketones (excluding diaryl/α,β-unsaturated/α-hetero) is 1. The van der Waals surface area contributed by atoms with E-state index in [-0.39, 0.29) is 17.3 Å². The van der Waals surface area contributed by atoms with Gasteiger partial charge in [0.05, 0.1) is 7.11 Å². The van der Waals surface area contributed by atoms with Crippen LogP contribution in [0.15, 0.2) is 18.2 Å². The summed E-state index contributed by atoms with van der Waals surface area (Å²) in [5.41, 5.74) is 0.761. The largest absolute Gasteiger partial charge is 0.493 e. The Morgan fingerprint density at radius 3 is 2.59 bits per heavy atom. The molecule has 0 aliphatic carbocycles. The van der Waals surface area contributed by atoms with Gasteiger partial charge in [-0.25, -0.2) is 0 Å². The Bertz CT molecular complexity index is 391. The molecule has 1 rings (SSSR count). The van der Waals surface area contributed by atoms with Gasteiger partial charge in [-0.3, -0.25) is 0 Å². The third kappa shape index (κ3) is 4.38.